The molecule has 0 spiro atoms. The number of nitrogens with zero attached hydrogens (tertiary/aromatic N) is 1. The topological polar surface area (TPSA) is 57.4 Å². The first-order chi connectivity index (χ1) is 15.5. The number of pyridine rings is 1. The first-order valence-electron chi connectivity index (χ1n) is 11.3. The molecule has 2 aromatic carbocycles. The van der Waals surface area contributed by atoms with Crippen LogP contribution in [0.3, 0.4) is 0 Å². The molecule has 5 nitrogen and oxygen atoms in total. The molecule has 1 unspecified atom stereocenters. The SMILES string of the molecule is Cc1ccc(C)c2[nH]c(=O)c(CN(CC3CCCO3)C(=S)NCCc3ccccc3)cc12. The van der Waals surface area contributed by atoms with Crippen molar-refractivity contribution in [2.75, 3.05) is 19.7 Å². The van der Waals surface area contributed by atoms with Crippen molar-refractivity contribution in [3.8, 4) is 0 Å². The van der Waals surface area contributed by atoms with E-state index in [-0.39, 0.29) is 11.7 Å². The summed E-state index contributed by atoms with van der Waals surface area (Å²) >= 11 is 5.76. The van der Waals surface area contributed by atoms with Gasteiger partial charge in [0.05, 0.1) is 18.2 Å². The van der Waals surface area contributed by atoms with E-state index in [1.54, 1.807) is 0 Å². The lowest BCUT2D eigenvalue weighted by atomic mass is 10.0. The smallest absolute Gasteiger partial charge is 0.253 e. The summed E-state index contributed by atoms with van der Waals surface area (Å²) in [5.74, 6) is 0. The lowest BCUT2D eigenvalue weighted by molar-refractivity contribution is 0.0897. The summed E-state index contributed by atoms with van der Waals surface area (Å²) in [4.78, 5) is 18.1. The van der Waals surface area contributed by atoms with E-state index in [9.17, 15) is 4.79 Å². The number of H-pyrrole nitrogens is 1. The van der Waals surface area contributed by atoms with Crippen LogP contribution in [0.25, 0.3) is 10.9 Å². The summed E-state index contributed by atoms with van der Waals surface area (Å²) < 4.78 is 5.87. The number of rotatable bonds is 7. The van der Waals surface area contributed by atoms with Crippen LogP contribution in [-0.4, -0.2) is 40.8 Å². The van der Waals surface area contributed by atoms with Crippen LogP contribution in [-0.2, 0) is 17.7 Å². The molecule has 3 aromatic rings. The van der Waals surface area contributed by atoms with Crippen molar-refractivity contribution in [1.29, 1.82) is 0 Å². The van der Waals surface area contributed by atoms with E-state index in [4.69, 9.17) is 17.0 Å². The fourth-order valence-electron chi connectivity index (χ4n) is 4.26. The fourth-order valence-corrected chi connectivity index (χ4v) is 4.51. The number of ether oxygens (including phenoxy) is 1. The molecule has 1 fully saturated rings. The minimum absolute atomic E-state index is 0.0596. The molecule has 0 saturated carbocycles. The Morgan fingerprint density at radius 3 is 2.72 bits per heavy atom. The van der Waals surface area contributed by atoms with Gasteiger partial charge < -0.3 is 19.9 Å². The third-order valence-electron chi connectivity index (χ3n) is 6.15. The number of fused-ring (bicyclic) bond motifs is 1. The van der Waals surface area contributed by atoms with Gasteiger partial charge in [0.2, 0.25) is 0 Å². The van der Waals surface area contributed by atoms with Crippen molar-refractivity contribution in [2.45, 2.75) is 45.8 Å². The van der Waals surface area contributed by atoms with Crippen LogP contribution in [0.1, 0.15) is 35.1 Å². The second-order valence-electron chi connectivity index (χ2n) is 8.59. The normalized spacial score (nSPS) is 15.8. The van der Waals surface area contributed by atoms with Crippen molar-refractivity contribution in [2.24, 2.45) is 0 Å². The van der Waals surface area contributed by atoms with Crippen LogP contribution < -0.4 is 10.9 Å². The molecule has 0 amide bonds. The number of aryl methyl sites for hydroxylation is 2. The van der Waals surface area contributed by atoms with Gasteiger partial charge in [-0.3, -0.25) is 4.79 Å². The summed E-state index contributed by atoms with van der Waals surface area (Å²) in [6.45, 7) is 6.77. The molecule has 1 aliphatic rings. The Bertz CT molecular complexity index is 1140. The standard InChI is InChI=1S/C26H31N3O2S/c1-18-10-11-19(2)24-23(18)15-21(25(30)28-24)16-29(17-22-9-6-14-31-22)26(32)27-13-12-20-7-4-3-5-8-20/h3-5,7-8,10-11,15,22H,6,9,12-14,16-17H2,1-2H3,(H,27,32)(H,28,30). The predicted octanol–water partition coefficient (Wildman–Crippen LogP) is 4.24. The van der Waals surface area contributed by atoms with Gasteiger partial charge in [0, 0.05) is 30.6 Å². The number of benzene rings is 2. The molecule has 2 N–H and O–H groups in total. The van der Waals surface area contributed by atoms with Crippen LogP contribution in [0, 0.1) is 13.8 Å². The quantitative estimate of drug-likeness (QED) is 0.529. The number of hydrogen-bond donors (Lipinski definition) is 2. The lowest BCUT2D eigenvalue weighted by Crippen LogP contribution is -2.44. The van der Waals surface area contributed by atoms with Crippen LogP contribution in [0.15, 0.2) is 53.3 Å². The number of thiocarbonyl (C=S) groups is 1. The molecule has 0 radical (unpaired) electrons. The van der Waals surface area contributed by atoms with Gasteiger partial charge in [-0.25, -0.2) is 0 Å². The molecule has 168 valence electrons. The van der Waals surface area contributed by atoms with E-state index >= 15 is 0 Å². The summed E-state index contributed by atoms with van der Waals surface area (Å²) in [6.07, 6.45) is 3.13. The highest BCUT2D eigenvalue weighted by atomic mass is 32.1. The Labute approximate surface area is 194 Å². The lowest BCUT2D eigenvalue weighted by Gasteiger charge is -2.28. The molecule has 6 heteroatoms. The molecular weight excluding hydrogens is 418 g/mol. The second-order valence-corrected chi connectivity index (χ2v) is 8.98. The first kappa shape index (κ1) is 22.5. The Morgan fingerprint density at radius 1 is 1.19 bits per heavy atom. The third kappa shape index (κ3) is 5.37. The van der Waals surface area contributed by atoms with E-state index in [0.717, 1.165) is 60.0 Å². The number of aromatic amines is 1. The minimum Gasteiger partial charge on any atom is -0.376 e. The van der Waals surface area contributed by atoms with E-state index in [0.29, 0.717) is 18.2 Å². The van der Waals surface area contributed by atoms with Gasteiger partial charge in [0.15, 0.2) is 5.11 Å². The van der Waals surface area contributed by atoms with Gasteiger partial charge in [-0.05, 0) is 68.1 Å². The molecule has 1 saturated heterocycles. The van der Waals surface area contributed by atoms with Crippen LogP contribution in [0.5, 0.6) is 0 Å². The molecule has 1 aliphatic heterocycles. The predicted molar refractivity (Wildman–Crippen MR) is 134 cm³/mol. The van der Waals surface area contributed by atoms with Crippen molar-refractivity contribution in [3.05, 3.63) is 81.1 Å². The van der Waals surface area contributed by atoms with Gasteiger partial charge in [0.25, 0.3) is 5.56 Å². The molecule has 1 aromatic heterocycles. The zero-order valence-corrected chi connectivity index (χ0v) is 19.6. The molecular formula is C26H31N3O2S. The number of aromatic nitrogens is 1. The first-order valence-corrected chi connectivity index (χ1v) is 11.7. The molecule has 0 aliphatic carbocycles. The molecule has 1 atom stereocenters. The van der Waals surface area contributed by atoms with Gasteiger partial charge in [0.1, 0.15) is 0 Å². The maximum atomic E-state index is 12.9. The Kier molecular flexibility index (Phi) is 7.22. The Morgan fingerprint density at radius 2 is 1.97 bits per heavy atom. The fraction of sp³-hybridized carbons (Fsp3) is 0.385. The van der Waals surface area contributed by atoms with Crippen molar-refractivity contribution in [1.82, 2.24) is 15.2 Å². The molecule has 0 bridgehead atoms. The van der Waals surface area contributed by atoms with Crippen molar-refractivity contribution >= 4 is 28.2 Å². The minimum atomic E-state index is -0.0596. The number of nitrogens with one attached hydrogen (secondary N) is 2. The molecule has 2 heterocycles. The van der Waals surface area contributed by atoms with E-state index in [1.807, 2.05) is 37.3 Å². The van der Waals surface area contributed by atoms with Gasteiger partial charge in [-0.2, -0.15) is 0 Å². The third-order valence-corrected chi connectivity index (χ3v) is 6.55. The van der Waals surface area contributed by atoms with Gasteiger partial charge in [-0.1, -0.05) is 42.5 Å². The zero-order valence-electron chi connectivity index (χ0n) is 18.8. The van der Waals surface area contributed by atoms with Crippen LogP contribution >= 0.6 is 12.2 Å². The zero-order chi connectivity index (χ0) is 22.5. The molecule has 4 rings (SSSR count). The van der Waals surface area contributed by atoms with E-state index < -0.39 is 0 Å². The average Bonchev–Trinajstić information content (AvgIpc) is 3.30. The summed E-state index contributed by atoms with van der Waals surface area (Å²) in [5, 5.41) is 5.14. The monoisotopic (exact) mass is 449 g/mol. The van der Waals surface area contributed by atoms with Gasteiger partial charge >= 0.3 is 0 Å². The maximum Gasteiger partial charge on any atom is 0.253 e. The summed E-state index contributed by atoms with van der Waals surface area (Å²) in [7, 11) is 0. The highest BCUT2D eigenvalue weighted by Gasteiger charge is 2.22. The van der Waals surface area contributed by atoms with Crippen molar-refractivity contribution in [3.63, 3.8) is 0 Å². The maximum absolute atomic E-state index is 12.9. The summed E-state index contributed by atoms with van der Waals surface area (Å²) in [5.41, 5.74) is 5.06. The van der Waals surface area contributed by atoms with E-state index in [2.05, 4.69) is 40.3 Å². The van der Waals surface area contributed by atoms with E-state index in [1.165, 1.54) is 5.56 Å². The number of hydrogen-bond acceptors (Lipinski definition) is 3. The van der Waals surface area contributed by atoms with Crippen molar-refractivity contribution < 1.29 is 4.74 Å². The second kappa shape index (κ2) is 10.3. The summed E-state index contributed by atoms with van der Waals surface area (Å²) in [6, 6.07) is 16.5. The van der Waals surface area contributed by atoms with Gasteiger partial charge in [-0.15, -0.1) is 0 Å². The molecule has 32 heavy (non-hydrogen) atoms. The Balaban J connectivity index is 1.52. The highest BCUT2D eigenvalue weighted by Crippen LogP contribution is 2.21. The highest BCUT2D eigenvalue weighted by molar-refractivity contribution is 7.80. The van der Waals surface area contributed by atoms with Crippen LogP contribution in [0.4, 0.5) is 0 Å². The average molecular weight is 450 g/mol. The Hall–Kier alpha value is -2.70. The largest absolute Gasteiger partial charge is 0.376 e. The van der Waals surface area contributed by atoms with Crippen LogP contribution in [0.2, 0.25) is 0 Å².